The van der Waals surface area contributed by atoms with Crippen molar-refractivity contribution in [3.05, 3.63) is 34.9 Å². The average Bonchev–Trinajstić information content (AvgIpc) is 2.35. The second-order valence-corrected chi connectivity index (χ2v) is 5.63. The summed E-state index contributed by atoms with van der Waals surface area (Å²) >= 11 is 0. The normalized spacial score (nSPS) is 24.9. The minimum Gasteiger partial charge on any atom is -0.317 e. The Morgan fingerprint density at radius 1 is 1.06 bits per heavy atom. The predicted octanol–water partition coefficient (Wildman–Crippen LogP) is 3.62. The van der Waals surface area contributed by atoms with E-state index in [0.717, 1.165) is 12.0 Å². The summed E-state index contributed by atoms with van der Waals surface area (Å²) in [5.74, 6) is 0.904. The molecule has 0 spiro atoms. The summed E-state index contributed by atoms with van der Waals surface area (Å²) in [6, 6.07) is 7.72. The smallest absolute Gasteiger partial charge is 0.00642 e. The van der Waals surface area contributed by atoms with Gasteiger partial charge in [0.2, 0.25) is 0 Å². The van der Waals surface area contributed by atoms with Gasteiger partial charge < -0.3 is 5.32 Å². The zero-order valence-corrected chi connectivity index (χ0v) is 11.4. The van der Waals surface area contributed by atoms with Gasteiger partial charge in [-0.3, -0.25) is 0 Å². The van der Waals surface area contributed by atoms with Crippen molar-refractivity contribution in [1.82, 2.24) is 5.32 Å². The van der Waals surface area contributed by atoms with E-state index < -0.39 is 0 Å². The van der Waals surface area contributed by atoms with Gasteiger partial charge >= 0.3 is 0 Å². The highest BCUT2D eigenvalue weighted by atomic mass is 14.9. The third-order valence-corrected chi connectivity index (χ3v) is 4.35. The molecule has 1 aromatic carbocycles. The first-order valence-corrected chi connectivity index (χ1v) is 6.92. The third-order valence-electron chi connectivity index (χ3n) is 4.35. The maximum atomic E-state index is 3.40. The quantitative estimate of drug-likeness (QED) is 0.837. The fourth-order valence-corrected chi connectivity index (χ4v) is 2.92. The first-order chi connectivity index (χ1) is 8.19. The highest BCUT2D eigenvalue weighted by molar-refractivity contribution is 5.30. The average molecular weight is 231 g/mol. The number of hydrogen-bond acceptors (Lipinski definition) is 1. The lowest BCUT2D eigenvalue weighted by molar-refractivity contribution is 0.300. The molecule has 0 unspecified atom stereocenters. The first-order valence-electron chi connectivity index (χ1n) is 6.92. The Hall–Kier alpha value is -0.820. The molecule has 1 N–H and O–H groups in total. The van der Waals surface area contributed by atoms with Crippen LogP contribution in [0, 0.1) is 19.8 Å². The molecule has 1 aliphatic rings. The van der Waals surface area contributed by atoms with Crippen LogP contribution in [0.5, 0.6) is 0 Å². The number of nitrogens with one attached hydrogen (secondary N) is 1. The molecule has 1 heteroatoms. The molecule has 0 amide bonds. The van der Waals surface area contributed by atoms with E-state index in [9.17, 15) is 0 Å². The third kappa shape index (κ3) is 3.32. The number of aryl methyl sites for hydroxylation is 2. The second kappa shape index (κ2) is 5.68. The molecule has 0 bridgehead atoms. The van der Waals surface area contributed by atoms with Crippen LogP contribution in [0.4, 0.5) is 0 Å². The fraction of sp³-hybridized carbons (Fsp3) is 0.625. The highest BCUT2D eigenvalue weighted by Crippen LogP contribution is 2.27. The Labute approximate surface area is 106 Å². The van der Waals surface area contributed by atoms with Crippen molar-refractivity contribution in [3.8, 4) is 0 Å². The van der Waals surface area contributed by atoms with E-state index in [4.69, 9.17) is 0 Å². The fourth-order valence-electron chi connectivity index (χ4n) is 2.92. The van der Waals surface area contributed by atoms with Crippen molar-refractivity contribution in [2.75, 3.05) is 7.05 Å². The maximum absolute atomic E-state index is 3.40. The van der Waals surface area contributed by atoms with Gasteiger partial charge in [-0.15, -0.1) is 0 Å². The van der Waals surface area contributed by atoms with Crippen LogP contribution in [0.1, 0.15) is 42.4 Å². The lowest BCUT2D eigenvalue weighted by Crippen LogP contribution is -2.30. The monoisotopic (exact) mass is 231 g/mol. The van der Waals surface area contributed by atoms with Gasteiger partial charge in [0, 0.05) is 6.04 Å². The summed E-state index contributed by atoms with van der Waals surface area (Å²) in [6.07, 6.45) is 6.76. The van der Waals surface area contributed by atoms with Crippen LogP contribution in [-0.2, 0) is 6.42 Å². The van der Waals surface area contributed by atoms with Crippen molar-refractivity contribution in [2.45, 2.75) is 52.0 Å². The minimum atomic E-state index is 0.769. The van der Waals surface area contributed by atoms with Gasteiger partial charge in [0.05, 0.1) is 0 Å². The molecule has 0 aliphatic heterocycles. The maximum Gasteiger partial charge on any atom is 0.00642 e. The van der Waals surface area contributed by atoms with Gasteiger partial charge in [-0.05, 0) is 75.6 Å². The van der Waals surface area contributed by atoms with Crippen LogP contribution in [0.15, 0.2) is 18.2 Å². The predicted molar refractivity (Wildman–Crippen MR) is 74.4 cm³/mol. The van der Waals surface area contributed by atoms with E-state index in [1.807, 2.05) is 0 Å². The molecular weight excluding hydrogens is 206 g/mol. The van der Waals surface area contributed by atoms with Crippen LogP contribution < -0.4 is 5.32 Å². The largest absolute Gasteiger partial charge is 0.317 e. The van der Waals surface area contributed by atoms with Crippen LogP contribution in [0.25, 0.3) is 0 Å². The Kier molecular flexibility index (Phi) is 4.22. The molecule has 0 heterocycles. The summed E-state index contributed by atoms with van der Waals surface area (Å²) in [5, 5.41) is 3.40. The summed E-state index contributed by atoms with van der Waals surface area (Å²) in [6.45, 7) is 4.41. The van der Waals surface area contributed by atoms with Crippen LogP contribution in [0.3, 0.4) is 0 Å². The molecule has 0 saturated heterocycles. The van der Waals surface area contributed by atoms with Gasteiger partial charge in [0.25, 0.3) is 0 Å². The number of hydrogen-bond donors (Lipinski definition) is 1. The first kappa shape index (κ1) is 12.6. The zero-order valence-electron chi connectivity index (χ0n) is 11.4. The van der Waals surface area contributed by atoms with Gasteiger partial charge in [-0.2, -0.15) is 0 Å². The molecule has 1 saturated carbocycles. The number of rotatable bonds is 3. The molecule has 0 radical (unpaired) electrons. The van der Waals surface area contributed by atoms with Crippen molar-refractivity contribution in [1.29, 1.82) is 0 Å². The van der Waals surface area contributed by atoms with Gasteiger partial charge in [0.1, 0.15) is 0 Å². The Morgan fingerprint density at radius 3 is 2.35 bits per heavy atom. The zero-order chi connectivity index (χ0) is 12.3. The Bertz CT molecular complexity index is 362. The molecule has 1 aliphatic carbocycles. The van der Waals surface area contributed by atoms with Crippen LogP contribution >= 0.6 is 0 Å². The Morgan fingerprint density at radius 2 is 1.76 bits per heavy atom. The molecule has 1 nitrogen and oxygen atoms in total. The molecule has 0 atom stereocenters. The van der Waals surface area contributed by atoms with E-state index >= 15 is 0 Å². The van der Waals surface area contributed by atoms with E-state index in [1.54, 1.807) is 0 Å². The molecule has 94 valence electrons. The summed E-state index contributed by atoms with van der Waals surface area (Å²) in [7, 11) is 2.09. The standard InChI is InChI=1S/C16H25N/c1-12-4-5-15(10-13(12)2)11-14-6-8-16(17-3)9-7-14/h4-5,10,14,16-17H,6-9,11H2,1-3H3. The topological polar surface area (TPSA) is 12.0 Å². The number of benzene rings is 1. The van der Waals surface area contributed by atoms with Gasteiger partial charge in [-0.25, -0.2) is 0 Å². The van der Waals surface area contributed by atoms with E-state index in [0.29, 0.717) is 0 Å². The SMILES string of the molecule is CNC1CCC(Cc2ccc(C)c(C)c2)CC1. The van der Waals surface area contributed by atoms with E-state index in [2.05, 4.69) is 44.4 Å². The van der Waals surface area contributed by atoms with Gasteiger partial charge in [0.15, 0.2) is 0 Å². The lowest BCUT2D eigenvalue weighted by Gasteiger charge is -2.28. The minimum absolute atomic E-state index is 0.769. The molecule has 2 rings (SSSR count). The molecule has 1 fully saturated rings. The van der Waals surface area contributed by atoms with Gasteiger partial charge in [-0.1, -0.05) is 18.2 Å². The van der Waals surface area contributed by atoms with Crippen molar-refractivity contribution < 1.29 is 0 Å². The van der Waals surface area contributed by atoms with Crippen molar-refractivity contribution >= 4 is 0 Å². The summed E-state index contributed by atoms with van der Waals surface area (Å²) in [4.78, 5) is 0. The molecule has 1 aromatic rings. The van der Waals surface area contributed by atoms with Crippen LogP contribution in [-0.4, -0.2) is 13.1 Å². The van der Waals surface area contributed by atoms with Crippen molar-refractivity contribution in [3.63, 3.8) is 0 Å². The lowest BCUT2D eigenvalue weighted by atomic mass is 9.82. The second-order valence-electron chi connectivity index (χ2n) is 5.63. The molecule has 17 heavy (non-hydrogen) atoms. The summed E-state index contributed by atoms with van der Waals surface area (Å²) in [5.41, 5.74) is 4.38. The van der Waals surface area contributed by atoms with Crippen molar-refractivity contribution in [2.24, 2.45) is 5.92 Å². The molecular formula is C16H25N. The van der Waals surface area contributed by atoms with E-state index in [-0.39, 0.29) is 0 Å². The van der Waals surface area contributed by atoms with Crippen LogP contribution in [0.2, 0.25) is 0 Å². The van der Waals surface area contributed by atoms with E-state index in [1.165, 1.54) is 48.8 Å². The Balaban J connectivity index is 1.91. The summed E-state index contributed by atoms with van der Waals surface area (Å²) < 4.78 is 0. The highest BCUT2D eigenvalue weighted by Gasteiger charge is 2.19. The molecule has 0 aromatic heterocycles.